The van der Waals surface area contributed by atoms with E-state index in [9.17, 15) is 14.4 Å². The Bertz CT molecular complexity index is 1010. The van der Waals surface area contributed by atoms with Crippen molar-refractivity contribution in [3.63, 3.8) is 0 Å². The van der Waals surface area contributed by atoms with Crippen molar-refractivity contribution in [3.05, 3.63) is 24.9 Å². The van der Waals surface area contributed by atoms with Gasteiger partial charge in [0.1, 0.15) is 17.5 Å². The first-order valence-corrected chi connectivity index (χ1v) is 12.8. The first-order valence-electron chi connectivity index (χ1n) is 12.8. The van der Waals surface area contributed by atoms with Crippen LogP contribution >= 0.6 is 0 Å². The number of aromatic nitrogens is 1. The molecule has 0 saturated carbocycles. The van der Waals surface area contributed by atoms with Gasteiger partial charge in [-0.15, -0.1) is 0 Å². The van der Waals surface area contributed by atoms with E-state index in [2.05, 4.69) is 38.9 Å². The number of anilines is 3. The van der Waals surface area contributed by atoms with E-state index < -0.39 is 23.6 Å². The summed E-state index contributed by atoms with van der Waals surface area (Å²) in [6.07, 6.45) is 4.55. The number of piperidine rings is 1. The minimum absolute atomic E-state index is 0.0916. The number of carbonyl (C=O) groups is 3. The molecule has 2 aliphatic heterocycles. The monoisotopic (exact) mass is 513 g/mol. The lowest BCUT2D eigenvalue weighted by molar-refractivity contribution is -0.134. The molecule has 2 saturated heterocycles. The summed E-state index contributed by atoms with van der Waals surface area (Å²) in [5, 5.41) is 10.6. The van der Waals surface area contributed by atoms with Gasteiger partial charge in [0.15, 0.2) is 5.82 Å². The number of pyridine rings is 1. The molecule has 37 heavy (non-hydrogen) atoms. The Kier molecular flexibility index (Phi) is 9.12. The van der Waals surface area contributed by atoms with Crippen molar-refractivity contribution in [2.75, 3.05) is 41.7 Å². The first kappa shape index (κ1) is 27.9. The highest BCUT2D eigenvalue weighted by Gasteiger charge is 2.31. The van der Waals surface area contributed by atoms with E-state index in [0.29, 0.717) is 12.4 Å². The Morgan fingerprint density at radius 1 is 1.19 bits per heavy atom. The number of hydrogen-bond acceptors (Lipinski definition) is 8. The van der Waals surface area contributed by atoms with E-state index in [1.165, 1.54) is 11.2 Å². The van der Waals surface area contributed by atoms with Gasteiger partial charge in [-0.3, -0.25) is 19.9 Å². The molecule has 3 amide bonds. The quantitative estimate of drug-likeness (QED) is 0.402. The van der Waals surface area contributed by atoms with Crippen molar-refractivity contribution >= 4 is 41.9 Å². The lowest BCUT2D eigenvalue weighted by atomic mass is 9.96. The summed E-state index contributed by atoms with van der Waals surface area (Å²) in [5.41, 5.74) is -0.405. The number of carbonyl (C=O) groups excluding carboxylic acids is 3. The molecule has 1 aromatic rings. The third-order valence-electron chi connectivity index (χ3n) is 6.40. The average molecular weight is 514 g/mol. The van der Waals surface area contributed by atoms with Gasteiger partial charge in [-0.05, 0) is 65.5 Å². The minimum Gasteiger partial charge on any atom is -0.444 e. The zero-order valence-corrected chi connectivity index (χ0v) is 22.3. The predicted molar refractivity (Wildman–Crippen MR) is 145 cm³/mol. The van der Waals surface area contributed by atoms with Gasteiger partial charge < -0.3 is 19.9 Å². The van der Waals surface area contributed by atoms with Crippen molar-refractivity contribution in [1.29, 1.82) is 0 Å². The largest absolute Gasteiger partial charge is 0.444 e. The summed E-state index contributed by atoms with van der Waals surface area (Å²) in [4.78, 5) is 47.1. The van der Waals surface area contributed by atoms with Crippen molar-refractivity contribution < 1.29 is 19.1 Å². The molecule has 2 atom stereocenters. The first-order chi connectivity index (χ1) is 17.5. The van der Waals surface area contributed by atoms with Crippen LogP contribution in [0.3, 0.4) is 0 Å². The summed E-state index contributed by atoms with van der Waals surface area (Å²) in [7, 11) is 0. The standard InChI is InChI=1S/C26H39N7O4/c1-7-33(27-6)18(2)23(34)30-22-20(28-25(36)37-26(3,4)5)12-13-21(29-22)32-16-10-11-19(17-32)24(35)31-14-8-9-15-31/h7,12-13,18-19H,1,6,8-11,14-17H2,2-5H3,(H,28,36)(H,29,30,34)/t18-,19-/m1/s1. The number of hydrogen-bond donors (Lipinski definition) is 2. The molecule has 0 unspecified atom stereocenters. The molecule has 0 aromatic carbocycles. The lowest BCUT2D eigenvalue weighted by Gasteiger charge is -2.35. The zero-order valence-electron chi connectivity index (χ0n) is 22.3. The molecule has 0 radical (unpaired) electrons. The maximum Gasteiger partial charge on any atom is 0.412 e. The highest BCUT2D eigenvalue weighted by atomic mass is 16.6. The van der Waals surface area contributed by atoms with E-state index in [-0.39, 0.29) is 23.3 Å². The van der Waals surface area contributed by atoms with Gasteiger partial charge in [0.05, 0.1) is 11.6 Å². The Hall–Kier alpha value is -3.63. The van der Waals surface area contributed by atoms with Crippen LogP contribution in [0.25, 0.3) is 0 Å². The molecule has 202 valence electrons. The number of amides is 3. The second-order valence-electron chi connectivity index (χ2n) is 10.4. The van der Waals surface area contributed by atoms with Crippen LogP contribution in [-0.2, 0) is 14.3 Å². The normalized spacial score (nSPS) is 18.5. The molecule has 2 aliphatic rings. The van der Waals surface area contributed by atoms with E-state index in [1.807, 2.05) is 4.90 Å². The van der Waals surface area contributed by atoms with E-state index in [0.717, 1.165) is 45.3 Å². The third-order valence-corrected chi connectivity index (χ3v) is 6.40. The molecule has 2 N–H and O–H groups in total. The fourth-order valence-electron chi connectivity index (χ4n) is 4.50. The molecule has 3 rings (SSSR count). The number of rotatable bonds is 8. The summed E-state index contributed by atoms with van der Waals surface area (Å²) in [6, 6.07) is 2.73. The number of likely N-dealkylation sites (tertiary alicyclic amines) is 1. The van der Waals surface area contributed by atoms with Crippen molar-refractivity contribution in [3.8, 4) is 0 Å². The molecule has 11 nitrogen and oxygen atoms in total. The number of hydrazone groups is 1. The van der Waals surface area contributed by atoms with Crippen molar-refractivity contribution in [2.24, 2.45) is 11.0 Å². The molecule has 0 bridgehead atoms. The fraction of sp³-hybridized carbons (Fsp3) is 0.577. The molecular formula is C26H39N7O4. The molecule has 1 aromatic heterocycles. The summed E-state index contributed by atoms with van der Waals surface area (Å²) in [6.45, 7) is 17.0. The van der Waals surface area contributed by atoms with Crippen LogP contribution in [0.1, 0.15) is 53.4 Å². The zero-order chi connectivity index (χ0) is 27.2. The second-order valence-corrected chi connectivity index (χ2v) is 10.4. The molecule has 0 aliphatic carbocycles. The second kappa shape index (κ2) is 12.1. The topological polar surface area (TPSA) is 119 Å². The Morgan fingerprint density at radius 2 is 1.89 bits per heavy atom. The van der Waals surface area contributed by atoms with Crippen LogP contribution in [0.15, 0.2) is 30.0 Å². The van der Waals surface area contributed by atoms with Gasteiger partial charge >= 0.3 is 6.09 Å². The smallest absolute Gasteiger partial charge is 0.412 e. The van der Waals surface area contributed by atoms with Gasteiger partial charge in [-0.2, -0.15) is 5.10 Å². The number of nitrogens with one attached hydrogen (secondary N) is 2. The Balaban J connectivity index is 1.83. The predicted octanol–water partition coefficient (Wildman–Crippen LogP) is 3.66. The van der Waals surface area contributed by atoms with Gasteiger partial charge in [-0.25, -0.2) is 9.78 Å². The highest BCUT2D eigenvalue weighted by molar-refractivity contribution is 5.99. The van der Waals surface area contributed by atoms with E-state index in [1.54, 1.807) is 39.8 Å². The van der Waals surface area contributed by atoms with Crippen LogP contribution in [0.2, 0.25) is 0 Å². The molecule has 11 heteroatoms. The molecule has 2 fully saturated rings. The summed E-state index contributed by atoms with van der Waals surface area (Å²) < 4.78 is 5.37. The minimum atomic E-state index is -0.715. The Labute approximate surface area is 218 Å². The molecule has 0 spiro atoms. The summed E-state index contributed by atoms with van der Waals surface area (Å²) in [5.74, 6) is 0.477. The van der Waals surface area contributed by atoms with Crippen LogP contribution in [0.4, 0.5) is 22.1 Å². The van der Waals surface area contributed by atoms with Gasteiger partial charge in [0.2, 0.25) is 11.8 Å². The SMILES string of the molecule is C=CN(N=C)[C@H](C)C(=O)Nc1nc(N2CCC[C@@H](C(=O)N3CCCC3)C2)ccc1NC(=O)OC(C)(C)C. The van der Waals surface area contributed by atoms with Gasteiger partial charge in [-0.1, -0.05) is 6.58 Å². The lowest BCUT2D eigenvalue weighted by Crippen LogP contribution is -2.44. The van der Waals surface area contributed by atoms with Crippen LogP contribution in [0.5, 0.6) is 0 Å². The maximum atomic E-state index is 13.0. The number of nitrogens with zero attached hydrogens (tertiary/aromatic N) is 5. The van der Waals surface area contributed by atoms with Crippen molar-refractivity contribution in [2.45, 2.75) is 65.0 Å². The van der Waals surface area contributed by atoms with Crippen LogP contribution in [0, 0.1) is 5.92 Å². The molecular weight excluding hydrogens is 474 g/mol. The van der Waals surface area contributed by atoms with Crippen molar-refractivity contribution in [1.82, 2.24) is 14.9 Å². The average Bonchev–Trinajstić information content (AvgIpc) is 3.39. The number of ether oxygens (including phenoxy) is 1. The maximum absolute atomic E-state index is 13.0. The fourth-order valence-corrected chi connectivity index (χ4v) is 4.50. The Morgan fingerprint density at radius 3 is 2.51 bits per heavy atom. The van der Waals surface area contributed by atoms with E-state index in [4.69, 9.17) is 4.74 Å². The summed E-state index contributed by atoms with van der Waals surface area (Å²) >= 11 is 0. The highest BCUT2D eigenvalue weighted by Crippen LogP contribution is 2.29. The van der Waals surface area contributed by atoms with Gasteiger partial charge in [0, 0.05) is 39.1 Å². The van der Waals surface area contributed by atoms with E-state index >= 15 is 0 Å². The van der Waals surface area contributed by atoms with Crippen LogP contribution < -0.4 is 15.5 Å². The third kappa shape index (κ3) is 7.43. The van der Waals surface area contributed by atoms with Gasteiger partial charge in [0.25, 0.3) is 0 Å². The van der Waals surface area contributed by atoms with Crippen LogP contribution in [-0.4, -0.2) is 77.3 Å². The molecule has 3 heterocycles.